The van der Waals surface area contributed by atoms with Crippen LogP contribution in [0.15, 0.2) is 65.6 Å². The second kappa shape index (κ2) is 7.38. The fourth-order valence-corrected chi connectivity index (χ4v) is 3.73. The van der Waals surface area contributed by atoms with Crippen molar-refractivity contribution in [2.45, 2.75) is 24.3 Å². The molecule has 21 heavy (non-hydrogen) atoms. The number of hydrogen-bond donors (Lipinski definition) is 1. The van der Waals surface area contributed by atoms with E-state index in [1.54, 1.807) is 24.3 Å². The van der Waals surface area contributed by atoms with Crippen molar-refractivity contribution < 1.29 is 8.42 Å². The lowest BCUT2D eigenvalue weighted by Gasteiger charge is -2.19. The molecule has 2 rings (SSSR count). The topological polar surface area (TPSA) is 46.2 Å². The van der Waals surface area contributed by atoms with Gasteiger partial charge in [0.25, 0.3) is 0 Å². The minimum absolute atomic E-state index is 0.0705. The number of hydrogen-bond acceptors (Lipinski definition) is 3. The maximum Gasteiger partial charge on any atom is 0.180 e. The van der Waals surface area contributed by atoms with E-state index in [2.05, 4.69) is 12.2 Å². The van der Waals surface area contributed by atoms with Crippen molar-refractivity contribution >= 4 is 9.84 Å². The van der Waals surface area contributed by atoms with E-state index in [9.17, 15) is 8.42 Å². The van der Waals surface area contributed by atoms with Crippen molar-refractivity contribution in [1.29, 1.82) is 0 Å². The molecule has 3 nitrogen and oxygen atoms in total. The minimum atomic E-state index is -3.30. The molecule has 1 atom stereocenters. The van der Waals surface area contributed by atoms with Gasteiger partial charge >= 0.3 is 0 Å². The molecule has 0 aromatic heterocycles. The Morgan fingerprint density at radius 3 is 2.10 bits per heavy atom. The Balaban J connectivity index is 2.23. The van der Waals surface area contributed by atoms with Gasteiger partial charge in [0.05, 0.1) is 10.6 Å². The highest BCUT2D eigenvalue weighted by atomic mass is 32.2. The van der Waals surface area contributed by atoms with E-state index in [0.29, 0.717) is 4.90 Å². The van der Waals surface area contributed by atoms with Gasteiger partial charge in [-0.25, -0.2) is 8.42 Å². The molecule has 0 fully saturated rings. The Hall–Kier alpha value is -1.65. The number of benzene rings is 2. The fourth-order valence-electron chi connectivity index (χ4n) is 2.22. The van der Waals surface area contributed by atoms with Gasteiger partial charge in [-0.3, -0.25) is 0 Å². The lowest BCUT2D eigenvalue weighted by molar-refractivity contribution is 0.546. The quantitative estimate of drug-likeness (QED) is 0.854. The van der Waals surface area contributed by atoms with E-state index < -0.39 is 9.84 Å². The summed E-state index contributed by atoms with van der Waals surface area (Å²) < 4.78 is 25.1. The maximum absolute atomic E-state index is 12.5. The molecule has 0 saturated carbocycles. The fraction of sp³-hybridized carbons (Fsp3) is 0.294. The SMILES string of the molecule is CCCNC(CS(=O)(=O)c1ccccc1)c1ccccc1. The van der Waals surface area contributed by atoms with Gasteiger partial charge in [-0.1, -0.05) is 55.5 Å². The summed E-state index contributed by atoms with van der Waals surface area (Å²) in [6, 6.07) is 18.2. The molecule has 112 valence electrons. The lowest BCUT2D eigenvalue weighted by atomic mass is 10.1. The zero-order chi connectivity index (χ0) is 15.1. The zero-order valence-corrected chi connectivity index (χ0v) is 13.0. The normalized spacial score (nSPS) is 13.0. The Labute approximate surface area is 126 Å². The van der Waals surface area contributed by atoms with Crippen molar-refractivity contribution in [3.8, 4) is 0 Å². The van der Waals surface area contributed by atoms with Crippen molar-refractivity contribution in [2.24, 2.45) is 0 Å². The molecule has 0 radical (unpaired) electrons. The first-order valence-corrected chi connectivity index (χ1v) is 8.85. The van der Waals surface area contributed by atoms with E-state index >= 15 is 0 Å². The minimum Gasteiger partial charge on any atom is -0.309 e. The molecule has 2 aromatic rings. The summed E-state index contributed by atoms with van der Waals surface area (Å²) in [4.78, 5) is 0.379. The second-order valence-electron chi connectivity index (χ2n) is 5.01. The van der Waals surface area contributed by atoms with Gasteiger partial charge in [0, 0.05) is 6.04 Å². The van der Waals surface area contributed by atoms with Crippen LogP contribution in [0.3, 0.4) is 0 Å². The van der Waals surface area contributed by atoms with Crippen LogP contribution in [0.2, 0.25) is 0 Å². The van der Waals surface area contributed by atoms with Crippen LogP contribution in [0.25, 0.3) is 0 Å². The summed E-state index contributed by atoms with van der Waals surface area (Å²) in [5.41, 5.74) is 1.01. The smallest absolute Gasteiger partial charge is 0.180 e. The first-order valence-electron chi connectivity index (χ1n) is 7.19. The molecule has 1 N–H and O–H groups in total. The van der Waals surface area contributed by atoms with Crippen LogP contribution in [-0.2, 0) is 9.84 Å². The van der Waals surface area contributed by atoms with Crippen LogP contribution < -0.4 is 5.32 Å². The number of nitrogens with one attached hydrogen (secondary N) is 1. The first kappa shape index (κ1) is 15.7. The van der Waals surface area contributed by atoms with E-state index in [1.165, 1.54) is 0 Å². The molecule has 0 spiro atoms. The third kappa shape index (κ3) is 4.41. The number of rotatable bonds is 7. The highest BCUT2D eigenvalue weighted by Crippen LogP contribution is 2.19. The van der Waals surface area contributed by atoms with Crippen LogP contribution in [0.4, 0.5) is 0 Å². The Morgan fingerprint density at radius 2 is 1.52 bits per heavy atom. The average Bonchev–Trinajstić information content (AvgIpc) is 2.53. The molecule has 0 aliphatic heterocycles. The molecular weight excluding hydrogens is 282 g/mol. The summed E-state index contributed by atoms with van der Waals surface area (Å²) in [6.07, 6.45) is 0.967. The summed E-state index contributed by atoms with van der Waals surface area (Å²) in [5.74, 6) is 0.0705. The molecule has 0 saturated heterocycles. The van der Waals surface area contributed by atoms with E-state index in [-0.39, 0.29) is 11.8 Å². The van der Waals surface area contributed by atoms with Crippen LogP contribution in [0.1, 0.15) is 24.9 Å². The van der Waals surface area contributed by atoms with Gasteiger partial charge < -0.3 is 5.32 Å². The Kier molecular flexibility index (Phi) is 5.53. The van der Waals surface area contributed by atoms with Gasteiger partial charge in [-0.15, -0.1) is 0 Å². The van der Waals surface area contributed by atoms with Gasteiger partial charge in [-0.2, -0.15) is 0 Å². The summed E-state index contributed by atoms with van der Waals surface area (Å²) in [6.45, 7) is 2.87. The third-order valence-corrected chi connectivity index (χ3v) is 5.09. The summed E-state index contributed by atoms with van der Waals surface area (Å²) in [7, 11) is -3.30. The molecule has 0 aliphatic carbocycles. The molecule has 1 unspecified atom stereocenters. The van der Waals surface area contributed by atoms with Crippen molar-refractivity contribution in [2.75, 3.05) is 12.3 Å². The van der Waals surface area contributed by atoms with Gasteiger partial charge in [0.2, 0.25) is 0 Å². The predicted octanol–water partition coefficient (Wildman–Crippen LogP) is 3.20. The molecule has 2 aromatic carbocycles. The lowest BCUT2D eigenvalue weighted by Crippen LogP contribution is -2.28. The molecule has 0 bridgehead atoms. The number of sulfone groups is 1. The predicted molar refractivity (Wildman–Crippen MR) is 86.0 cm³/mol. The molecule has 0 heterocycles. The van der Waals surface area contributed by atoms with Gasteiger partial charge in [-0.05, 0) is 30.7 Å². The molecule has 0 aliphatic rings. The molecule has 4 heteroatoms. The van der Waals surface area contributed by atoms with Gasteiger partial charge in [0.15, 0.2) is 9.84 Å². The summed E-state index contributed by atoms with van der Waals surface area (Å²) >= 11 is 0. The first-order chi connectivity index (χ1) is 10.1. The van der Waals surface area contributed by atoms with E-state index in [4.69, 9.17) is 0 Å². The summed E-state index contributed by atoms with van der Waals surface area (Å²) in [5, 5.41) is 3.33. The largest absolute Gasteiger partial charge is 0.309 e. The van der Waals surface area contributed by atoms with Crippen LogP contribution in [-0.4, -0.2) is 20.7 Å². The van der Waals surface area contributed by atoms with Crippen molar-refractivity contribution in [3.63, 3.8) is 0 Å². The highest BCUT2D eigenvalue weighted by Gasteiger charge is 2.21. The Bertz CT molecular complexity index is 639. The molecular formula is C17H21NO2S. The van der Waals surface area contributed by atoms with Crippen molar-refractivity contribution in [3.05, 3.63) is 66.2 Å². The van der Waals surface area contributed by atoms with E-state index in [0.717, 1.165) is 18.5 Å². The van der Waals surface area contributed by atoms with Crippen LogP contribution in [0.5, 0.6) is 0 Å². The average molecular weight is 303 g/mol. The Morgan fingerprint density at radius 1 is 0.952 bits per heavy atom. The second-order valence-corrected chi connectivity index (χ2v) is 7.05. The highest BCUT2D eigenvalue weighted by molar-refractivity contribution is 7.91. The van der Waals surface area contributed by atoms with E-state index in [1.807, 2.05) is 36.4 Å². The zero-order valence-electron chi connectivity index (χ0n) is 12.2. The van der Waals surface area contributed by atoms with Crippen molar-refractivity contribution in [1.82, 2.24) is 5.32 Å². The van der Waals surface area contributed by atoms with Crippen LogP contribution >= 0.6 is 0 Å². The van der Waals surface area contributed by atoms with Gasteiger partial charge in [0.1, 0.15) is 0 Å². The third-order valence-electron chi connectivity index (χ3n) is 3.33. The molecule has 0 amide bonds. The monoisotopic (exact) mass is 303 g/mol. The van der Waals surface area contributed by atoms with Crippen LogP contribution in [0, 0.1) is 0 Å². The maximum atomic E-state index is 12.5. The standard InChI is InChI=1S/C17H21NO2S/c1-2-13-18-17(15-9-5-3-6-10-15)14-21(19,20)16-11-7-4-8-12-16/h3-12,17-18H,2,13-14H2,1H3.